The summed E-state index contributed by atoms with van der Waals surface area (Å²) in [6, 6.07) is 9.70. The number of thiophene rings is 1. The zero-order valence-corrected chi connectivity index (χ0v) is 18.8. The number of rotatable bonds is 5. The molecular weight excluding hydrogens is 440 g/mol. The minimum absolute atomic E-state index is 0.00903. The molecule has 6 nitrogen and oxygen atoms in total. The van der Waals surface area contributed by atoms with E-state index in [1.54, 1.807) is 16.2 Å². The second kappa shape index (κ2) is 9.16. The van der Waals surface area contributed by atoms with Crippen molar-refractivity contribution in [3.8, 4) is 10.6 Å². The number of thiazole rings is 1. The van der Waals surface area contributed by atoms with E-state index >= 15 is 0 Å². The second-order valence-corrected chi connectivity index (χ2v) is 9.19. The Hall–Kier alpha value is -2.42. The van der Waals surface area contributed by atoms with Crippen molar-refractivity contribution in [1.82, 2.24) is 15.2 Å². The van der Waals surface area contributed by atoms with Crippen LogP contribution < -0.4 is 10.2 Å². The van der Waals surface area contributed by atoms with Gasteiger partial charge < -0.3 is 15.1 Å². The fourth-order valence-electron chi connectivity index (χ4n) is 3.33. The van der Waals surface area contributed by atoms with E-state index in [-0.39, 0.29) is 18.4 Å². The third kappa shape index (κ3) is 4.66. The van der Waals surface area contributed by atoms with Crippen molar-refractivity contribution < 1.29 is 9.59 Å². The Morgan fingerprint density at radius 3 is 2.53 bits per heavy atom. The van der Waals surface area contributed by atoms with Gasteiger partial charge in [0, 0.05) is 47.8 Å². The first kappa shape index (κ1) is 20.8. The van der Waals surface area contributed by atoms with Crippen molar-refractivity contribution in [1.29, 1.82) is 0 Å². The average molecular weight is 461 g/mol. The average Bonchev–Trinajstić information content (AvgIpc) is 3.42. The molecule has 1 saturated heterocycles. The highest BCUT2D eigenvalue weighted by Gasteiger charge is 2.23. The summed E-state index contributed by atoms with van der Waals surface area (Å²) in [6.07, 6.45) is 0. The maximum absolute atomic E-state index is 12.6. The van der Waals surface area contributed by atoms with E-state index in [4.69, 9.17) is 11.6 Å². The minimum Gasteiger partial charge on any atom is -0.368 e. The lowest BCUT2D eigenvalue weighted by atomic mass is 10.2. The summed E-state index contributed by atoms with van der Waals surface area (Å²) in [4.78, 5) is 34.2. The van der Waals surface area contributed by atoms with Crippen LogP contribution >= 0.6 is 34.3 Å². The number of nitrogens with zero attached hydrogens (tertiary/aromatic N) is 3. The zero-order valence-electron chi connectivity index (χ0n) is 16.4. The molecule has 9 heteroatoms. The van der Waals surface area contributed by atoms with Crippen LogP contribution in [0.2, 0.25) is 5.02 Å². The smallest absolute Gasteiger partial charge is 0.263 e. The third-order valence-corrected chi connectivity index (χ3v) is 7.14. The molecule has 30 heavy (non-hydrogen) atoms. The van der Waals surface area contributed by atoms with Crippen molar-refractivity contribution in [2.75, 3.05) is 37.6 Å². The lowest BCUT2D eigenvalue weighted by Crippen LogP contribution is -2.51. The number of hydrogen-bond acceptors (Lipinski definition) is 6. The van der Waals surface area contributed by atoms with Gasteiger partial charge in [0.05, 0.1) is 12.2 Å². The van der Waals surface area contributed by atoms with Crippen molar-refractivity contribution >= 4 is 51.8 Å². The number of piperazine rings is 1. The summed E-state index contributed by atoms with van der Waals surface area (Å²) in [6.45, 7) is 4.56. The maximum Gasteiger partial charge on any atom is 0.263 e. The van der Waals surface area contributed by atoms with Gasteiger partial charge >= 0.3 is 0 Å². The van der Waals surface area contributed by atoms with Crippen LogP contribution in [0.1, 0.15) is 15.4 Å². The number of aromatic nitrogens is 1. The normalized spacial score (nSPS) is 14.1. The summed E-state index contributed by atoms with van der Waals surface area (Å²) in [5, 5.41) is 8.28. The van der Waals surface area contributed by atoms with Gasteiger partial charge in [-0.2, -0.15) is 11.3 Å². The molecule has 4 rings (SSSR count). The molecule has 0 saturated carbocycles. The van der Waals surface area contributed by atoms with Crippen LogP contribution in [0.3, 0.4) is 0 Å². The molecule has 3 aromatic rings. The molecule has 1 aliphatic heterocycles. The Morgan fingerprint density at radius 2 is 1.87 bits per heavy atom. The molecule has 156 valence electrons. The molecule has 3 heterocycles. The van der Waals surface area contributed by atoms with Crippen LogP contribution in [0.4, 0.5) is 5.69 Å². The van der Waals surface area contributed by atoms with E-state index in [9.17, 15) is 9.59 Å². The SMILES string of the molecule is Cc1nc(-c2ccsc2)sc1C(=O)NCC(=O)N1CCN(c2ccc(Cl)cc2)CC1. The van der Waals surface area contributed by atoms with Crippen molar-refractivity contribution in [3.05, 3.63) is 56.7 Å². The molecule has 1 aromatic carbocycles. The lowest BCUT2D eigenvalue weighted by molar-refractivity contribution is -0.130. The molecule has 0 atom stereocenters. The van der Waals surface area contributed by atoms with Crippen LogP contribution in [0, 0.1) is 6.92 Å². The Morgan fingerprint density at radius 1 is 1.13 bits per heavy atom. The number of carbonyl (C=O) groups excluding carboxylic acids is 2. The number of hydrogen-bond donors (Lipinski definition) is 1. The van der Waals surface area contributed by atoms with Crippen LogP contribution in [0.15, 0.2) is 41.1 Å². The number of anilines is 1. The number of carbonyl (C=O) groups is 2. The predicted molar refractivity (Wildman–Crippen MR) is 123 cm³/mol. The molecule has 1 N–H and O–H groups in total. The van der Waals surface area contributed by atoms with Crippen LogP contribution in [-0.2, 0) is 4.79 Å². The highest BCUT2D eigenvalue weighted by atomic mass is 35.5. The first-order valence-electron chi connectivity index (χ1n) is 9.58. The Bertz CT molecular complexity index is 1030. The largest absolute Gasteiger partial charge is 0.368 e. The maximum atomic E-state index is 12.6. The van der Waals surface area contributed by atoms with Gasteiger partial charge in [0.15, 0.2) is 0 Å². The van der Waals surface area contributed by atoms with Gasteiger partial charge in [-0.05, 0) is 42.6 Å². The monoisotopic (exact) mass is 460 g/mol. The third-order valence-electron chi connectivity index (χ3n) is 5.00. The van der Waals surface area contributed by atoms with E-state index < -0.39 is 0 Å². The highest BCUT2D eigenvalue weighted by molar-refractivity contribution is 7.17. The molecule has 0 radical (unpaired) electrons. The van der Waals surface area contributed by atoms with Gasteiger partial charge in [0.1, 0.15) is 9.88 Å². The van der Waals surface area contributed by atoms with Gasteiger partial charge in [-0.25, -0.2) is 4.98 Å². The summed E-state index contributed by atoms with van der Waals surface area (Å²) in [5.41, 5.74) is 2.80. The number of nitrogens with one attached hydrogen (secondary N) is 1. The Kier molecular flexibility index (Phi) is 6.36. The zero-order chi connectivity index (χ0) is 21.1. The van der Waals surface area contributed by atoms with Crippen LogP contribution in [0.25, 0.3) is 10.6 Å². The van der Waals surface area contributed by atoms with Gasteiger partial charge in [0.2, 0.25) is 5.91 Å². The van der Waals surface area contributed by atoms with E-state index in [0.29, 0.717) is 28.7 Å². The first-order valence-corrected chi connectivity index (χ1v) is 11.7. The fourth-order valence-corrected chi connectivity index (χ4v) is 5.15. The van der Waals surface area contributed by atoms with Crippen molar-refractivity contribution in [2.24, 2.45) is 0 Å². The topological polar surface area (TPSA) is 65.5 Å². The summed E-state index contributed by atoms with van der Waals surface area (Å²) < 4.78 is 0. The molecule has 1 aliphatic rings. The quantitative estimate of drug-likeness (QED) is 0.626. The number of amides is 2. The first-order chi connectivity index (χ1) is 14.5. The molecule has 2 aromatic heterocycles. The van der Waals surface area contributed by atoms with Crippen molar-refractivity contribution in [3.63, 3.8) is 0 Å². The summed E-state index contributed by atoms with van der Waals surface area (Å²) in [5.74, 6) is -0.320. The van der Waals surface area contributed by atoms with Gasteiger partial charge in [-0.3, -0.25) is 9.59 Å². The van der Waals surface area contributed by atoms with Crippen LogP contribution in [0.5, 0.6) is 0 Å². The van der Waals surface area contributed by atoms with Gasteiger partial charge in [0.25, 0.3) is 5.91 Å². The molecule has 1 fully saturated rings. The highest BCUT2D eigenvalue weighted by Crippen LogP contribution is 2.29. The molecular formula is C21H21ClN4O2S2. The second-order valence-electron chi connectivity index (χ2n) is 6.97. The summed E-state index contributed by atoms with van der Waals surface area (Å²) in [7, 11) is 0. The Balaban J connectivity index is 1.29. The lowest BCUT2D eigenvalue weighted by Gasteiger charge is -2.36. The Labute approximate surface area is 188 Å². The number of benzene rings is 1. The number of aryl methyl sites for hydroxylation is 1. The van der Waals surface area contributed by atoms with Gasteiger partial charge in [-0.1, -0.05) is 11.6 Å². The van der Waals surface area contributed by atoms with Gasteiger partial charge in [-0.15, -0.1) is 11.3 Å². The molecule has 0 unspecified atom stereocenters. The van der Waals surface area contributed by atoms with E-state index in [2.05, 4.69) is 15.2 Å². The minimum atomic E-state index is -0.250. The van der Waals surface area contributed by atoms with Crippen molar-refractivity contribution in [2.45, 2.75) is 6.92 Å². The summed E-state index contributed by atoms with van der Waals surface area (Å²) >= 11 is 8.90. The molecule has 0 aliphatic carbocycles. The number of halogens is 1. The van der Waals surface area contributed by atoms with E-state index in [0.717, 1.165) is 29.3 Å². The fraction of sp³-hybridized carbons (Fsp3) is 0.286. The van der Waals surface area contributed by atoms with E-state index in [1.165, 1.54) is 11.3 Å². The molecule has 2 amide bonds. The molecule has 0 bridgehead atoms. The van der Waals surface area contributed by atoms with E-state index in [1.807, 2.05) is 48.0 Å². The predicted octanol–water partition coefficient (Wildman–Crippen LogP) is 3.91. The standard InChI is InChI=1S/C21H21ClN4O2S2/c1-14-19(30-21(24-14)15-6-11-29-13-15)20(28)23-12-18(27)26-9-7-25(8-10-26)17-4-2-16(22)3-5-17/h2-6,11,13H,7-10,12H2,1H3,(H,23,28). The molecule has 0 spiro atoms. The van der Waals surface area contributed by atoms with Crippen LogP contribution in [-0.4, -0.2) is 54.4 Å².